The lowest BCUT2D eigenvalue weighted by molar-refractivity contribution is 0.102. The summed E-state index contributed by atoms with van der Waals surface area (Å²) in [6.45, 7) is 2.47. The van der Waals surface area contributed by atoms with Crippen LogP contribution in [-0.2, 0) is 0 Å². The van der Waals surface area contributed by atoms with Crippen molar-refractivity contribution >= 4 is 23.2 Å². The van der Waals surface area contributed by atoms with Crippen LogP contribution in [0.2, 0.25) is 5.02 Å². The summed E-state index contributed by atoms with van der Waals surface area (Å²) in [4.78, 5) is 12.0. The summed E-state index contributed by atoms with van der Waals surface area (Å²) in [7, 11) is 0. The molecule has 1 amide bonds. The molecule has 0 bridgehead atoms. The highest BCUT2D eigenvalue weighted by Crippen LogP contribution is 2.26. The van der Waals surface area contributed by atoms with Gasteiger partial charge in [-0.25, -0.2) is 0 Å². The van der Waals surface area contributed by atoms with E-state index in [0.29, 0.717) is 23.6 Å². The van der Waals surface area contributed by atoms with Crippen LogP contribution in [0, 0.1) is 0 Å². The van der Waals surface area contributed by atoms with Gasteiger partial charge in [-0.3, -0.25) is 4.79 Å². The number of carbonyl (C=O) groups excluding carboxylic acids is 1. The van der Waals surface area contributed by atoms with E-state index in [9.17, 15) is 9.90 Å². The zero-order valence-corrected chi connectivity index (χ0v) is 11.6. The van der Waals surface area contributed by atoms with Gasteiger partial charge in [0.15, 0.2) is 0 Å². The predicted octanol–water partition coefficient (Wildman–Crippen LogP) is 3.70. The van der Waals surface area contributed by atoms with Crippen molar-refractivity contribution in [2.45, 2.75) is 6.92 Å². The highest BCUT2D eigenvalue weighted by molar-refractivity contribution is 6.34. The van der Waals surface area contributed by atoms with Crippen LogP contribution in [0.4, 0.5) is 5.69 Å². The molecule has 0 aliphatic heterocycles. The second-order valence-electron chi connectivity index (χ2n) is 4.08. The summed E-state index contributed by atoms with van der Waals surface area (Å²) in [5.41, 5.74) is 0.945. The molecule has 0 saturated carbocycles. The van der Waals surface area contributed by atoms with Gasteiger partial charge in [-0.2, -0.15) is 0 Å². The molecule has 4 nitrogen and oxygen atoms in total. The highest BCUT2D eigenvalue weighted by Gasteiger charge is 2.09. The van der Waals surface area contributed by atoms with E-state index in [4.69, 9.17) is 16.3 Å². The second-order valence-corrected chi connectivity index (χ2v) is 4.48. The van der Waals surface area contributed by atoms with Gasteiger partial charge in [0.25, 0.3) is 5.91 Å². The summed E-state index contributed by atoms with van der Waals surface area (Å²) in [6.07, 6.45) is 0. The van der Waals surface area contributed by atoms with Gasteiger partial charge in [0.1, 0.15) is 11.5 Å². The van der Waals surface area contributed by atoms with Gasteiger partial charge in [0.05, 0.1) is 17.3 Å². The highest BCUT2D eigenvalue weighted by atomic mass is 35.5. The third kappa shape index (κ3) is 3.42. The Labute approximate surface area is 122 Å². The number of benzene rings is 2. The van der Waals surface area contributed by atoms with Crippen LogP contribution in [0.25, 0.3) is 0 Å². The Hall–Kier alpha value is -2.20. The minimum Gasteiger partial charge on any atom is -0.508 e. The maximum atomic E-state index is 12.0. The van der Waals surface area contributed by atoms with Crippen molar-refractivity contribution in [2.24, 2.45) is 0 Å². The molecule has 0 spiro atoms. The van der Waals surface area contributed by atoms with Gasteiger partial charge >= 0.3 is 0 Å². The lowest BCUT2D eigenvalue weighted by Crippen LogP contribution is -2.12. The molecule has 104 valence electrons. The first-order chi connectivity index (χ1) is 9.60. The maximum Gasteiger partial charge on any atom is 0.255 e. The molecule has 0 radical (unpaired) electrons. The van der Waals surface area contributed by atoms with Crippen molar-refractivity contribution in [2.75, 3.05) is 11.9 Å². The SMILES string of the molecule is CCOc1ccc(C(=O)Nc2ccc(O)cc2Cl)cc1. The van der Waals surface area contributed by atoms with Crippen LogP contribution in [0.15, 0.2) is 42.5 Å². The van der Waals surface area contributed by atoms with E-state index in [0.717, 1.165) is 0 Å². The molecule has 0 fully saturated rings. The normalized spacial score (nSPS) is 10.1. The van der Waals surface area contributed by atoms with E-state index in [1.54, 1.807) is 30.3 Å². The van der Waals surface area contributed by atoms with Crippen molar-refractivity contribution in [3.8, 4) is 11.5 Å². The number of amides is 1. The molecule has 0 aliphatic carbocycles. The van der Waals surface area contributed by atoms with Crippen molar-refractivity contribution < 1.29 is 14.6 Å². The topological polar surface area (TPSA) is 58.6 Å². The molecule has 0 saturated heterocycles. The number of rotatable bonds is 4. The average molecular weight is 292 g/mol. The van der Waals surface area contributed by atoms with E-state index >= 15 is 0 Å². The van der Waals surface area contributed by atoms with Gasteiger partial charge in [-0.15, -0.1) is 0 Å². The fraction of sp³-hybridized carbons (Fsp3) is 0.133. The zero-order chi connectivity index (χ0) is 14.5. The second kappa shape index (κ2) is 6.30. The maximum absolute atomic E-state index is 12.0. The molecule has 0 unspecified atom stereocenters. The summed E-state index contributed by atoms with van der Waals surface area (Å²) in [6, 6.07) is 11.2. The van der Waals surface area contributed by atoms with Crippen LogP contribution in [-0.4, -0.2) is 17.6 Å². The standard InChI is InChI=1S/C15H14ClNO3/c1-2-20-12-6-3-10(4-7-12)15(19)17-14-8-5-11(18)9-13(14)16/h3-9,18H,2H2,1H3,(H,17,19). The Morgan fingerprint density at radius 2 is 1.95 bits per heavy atom. The van der Waals surface area contributed by atoms with Crippen molar-refractivity contribution in [1.82, 2.24) is 0 Å². The number of aromatic hydroxyl groups is 1. The van der Waals surface area contributed by atoms with Gasteiger partial charge in [-0.05, 0) is 43.3 Å². The van der Waals surface area contributed by atoms with E-state index in [-0.39, 0.29) is 16.7 Å². The molecule has 0 aromatic heterocycles. The van der Waals surface area contributed by atoms with Gasteiger partial charge < -0.3 is 15.2 Å². The van der Waals surface area contributed by atoms with E-state index in [1.165, 1.54) is 12.1 Å². The van der Waals surface area contributed by atoms with Gasteiger partial charge in [-0.1, -0.05) is 11.6 Å². The van der Waals surface area contributed by atoms with Gasteiger partial charge in [0, 0.05) is 11.6 Å². The number of halogens is 1. The number of nitrogens with one attached hydrogen (secondary N) is 1. The molecule has 2 aromatic rings. The van der Waals surface area contributed by atoms with Gasteiger partial charge in [0.2, 0.25) is 0 Å². The lowest BCUT2D eigenvalue weighted by atomic mass is 10.2. The van der Waals surface area contributed by atoms with E-state index in [2.05, 4.69) is 5.32 Å². The summed E-state index contributed by atoms with van der Waals surface area (Å²) in [5, 5.41) is 12.2. The minimum atomic E-state index is -0.277. The molecule has 0 aliphatic rings. The molecule has 2 rings (SSSR count). The number of hydrogen-bond donors (Lipinski definition) is 2. The number of phenolic OH excluding ortho intramolecular Hbond substituents is 1. The first-order valence-corrected chi connectivity index (χ1v) is 6.50. The molecule has 2 N–H and O–H groups in total. The summed E-state index contributed by atoms with van der Waals surface area (Å²) >= 11 is 5.93. The number of hydrogen-bond acceptors (Lipinski definition) is 3. The molecular formula is C15H14ClNO3. The fourth-order valence-electron chi connectivity index (χ4n) is 1.67. The summed E-state index contributed by atoms with van der Waals surface area (Å²) < 4.78 is 5.31. The Morgan fingerprint density at radius 1 is 1.25 bits per heavy atom. The number of carbonyl (C=O) groups is 1. The first kappa shape index (κ1) is 14.2. The zero-order valence-electron chi connectivity index (χ0n) is 10.9. The van der Waals surface area contributed by atoms with Crippen molar-refractivity contribution in [3.05, 3.63) is 53.1 Å². The predicted molar refractivity (Wildman–Crippen MR) is 78.7 cm³/mol. The minimum absolute atomic E-state index is 0.0501. The molecule has 20 heavy (non-hydrogen) atoms. The smallest absolute Gasteiger partial charge is 0.255 e. The molecule has 0 atom stereocenters. The van der Waals surface area contributed by atoms with E-state index in [1.807, 2.05) is 6.92 Å². The molecule has 0 heterocycles. The van der Waals surface area contributed by atoms with Crippen LogP contribution in [0.3, 0.4) is 0 Å². The van der Waals surface area contributed by atoms with Crippen LogP contribution in [0.5, 0.6) is 11.5 Å². The van der Waals surface area contributed by atoms with Crippen LogP contribution < -0.4 is 10.1 Å². The first-order valence-electron chi connectivity index (χ1n) is 6.13. The Balaban J connectivity index is 2.11. The summed E-state index contributed by atoms with van der Waals surface area (Å²) in [5.74, 6) is 0.487. The van der Waals surface area contributed by atoms with Crippen molar-refractivity contribution in [3.63, 3.8) is 0 Å². The van der Waals surface area contributed by atoms with Crippen molar-refractivity contribution in [1.29, 1.82) is 0 Å². The Morgan fingerprint density at radius 3 is 2.55 bits per heavy atom. The third-order valence-electron chi connectivity index (χ3n) is 2.63. The third-order valence-corrected chi connectivity index (χ3v) is 2.94. The number of phenols is 1. The van der Waals surface area contributed by atoms with E-state index < -0.39 is 0 Å². The number of anilines is 1. The fourth-order valence-corrected chi connectivity index (χ4v) is 1.89. The average Bonchev–Trinajstić information content (AvgIpc) is 2.43. The largest absolute Gasteiger partial charge is 0.508 e. The Kier molecular flexibility index (Phi) is 4.48. The molecule has 2 aromatic carbocycles. The molecular weight excluding hydrogens is 278 g/mol. The number of ether oxygens (including phenoxy) is 1. The van der Waals surface area contributed by atoms with Crippen LogP contribution in [0.1, 0.15) is 17.3 Å². The Bertz CT molecular complexity index is 611. The lowest BCUT2D eigenvalue weighted by Gasteiger charge is -2.08. The molecule has 5 heteroatoms. The van der Waals surface area contributed by atoms with Crippen LogP contribution >= 0.6 is 11.6 Å². The quantitative estimate of drug-likeness (QED) is 0.845. The monoisotopic (exact) mass is 291 g/mol.